The molecule has 1 saturated heterocycles. The molecule has 0 radical (unpaired) electrons. The van der Waals surface area contributed by atoms with Crippen molar-refractivity contribution in [1.82, 2.24) is 20.2 Å². The molecule has 3 aromatic rings. The van der Waals surface area contributed by atoms with Gasteiger partial charge in [-0.3, -0.25) is 14.7 Å². The number of pyridine rings is 1. The summed E-state index contributed by atoms with van der Waals surface area (Å²) in [7, 11) is 1.59. The summed E-state index contributed by atoms with van der Waals surface area (Å²) in [6.07, 6.45) is 1.88. The van der Waals surface area contributed by atoms with E-state index in [1.165, 1.54) is 16.6 Å². The van der Waals surface area contributed by atoms with Gasteiger partial charge < -0.3 is 19.8 Å². The number of H-pyrrole nitrogens is 1. The Morgan fingerprint density at radius 3 is 2.94 bits per heavy atom. The van der Waals surface area contributed by atoms with Crippen LogP contribution in [0, 0.1) is 6.92 Å². The third kappa shape index (κ3) is 5.12. The summed E-state index contributed by atoms with van der Waals surface area (Å²) in [5.41, 5.74) is 4.48. The van der Waals surface area contributed by atoms with Gasteiger partial charge in [0, 0.05) is 56.0 Å². The first-order valence-corrected chi connectivity index (χ1v) is 10.7. The molecule has 0 saturated carbocycles. The first-order valence-electron chi connectivity index (χ1n) is 10.7. The number of aromatic amines is 1. The van der Waals surface area contributed by atoms with Crippen molar-refractivity contribution in [3.63, 3.8) is 0 Å². The summed E-state index contributed by atoms with van der Waals surface area (Å²) in [6.45, 7) is 5.53. The van der Waals surface area contributed by atoms with E-state index in [-0.39, 0.29) is 18.1 Å². The van der Waals surface area contributed by atoms with Gasteiger partial charge in [0.25, 0.3) is 0 Å². The quantitative estimate of drug-likeness (QED) is 0.584. The molecule has 0 aliphatic carbocycles. The minimum absolute atomic E-state index is 0.0651. The second-order valence-electron chi connectivity index (χ2n) is 7.96. The first kappa shape index (κ1) is 21.5. The lowest BCUT2D eigenvalue weighted by Crippen LogP contribution is -2.49. The monoisotopic (exact) mass is 422 g/mol. The number of benzene rings is 1. The number of nitrogens with one attached hydrogen (secondary N) is 2. The molecular weight excluding hydrogens is 392 g/mol. The van der Waals surface area contributed by atoms with Gasteiger partial charge in [0.1, 0.15) is 0 Å². The van der Waals surface area contributed by atoms with E-state index in [9.17, 15) is 4.79 Å². The van der Waals surface area contributed by atoms with Crippen LogP contribution in [0.2, 0.25) is 0 Å². The number of aryl methyl sites for hydroxylation is 1. The fourth-order valence-electron chi connectivity index (χ4n) is 4.15. The summed E-state index contributed by atoms with van der Waals surface area (Å²) in [5.74, 6) is -0.0651. The first-order chi connectivity index (χ1) is 15.2. The third-order valence-electron chi connectivity index (χ3n) is 5.86. The van der Waals surface area contributed by atoms with Crippen LogP contribution >= 0.6 is 0 Å². The van der Waals surface area contributed by atoms with Gasteiger partial charge in [0.05, 0.1) is 31.1 Å². The highest BCUT2D eigenvalue weighted by atomic mass is 16.5. The van der Waals surface area contributed by atoms with E-state index in [0.29, 0.717) is 26.2 Å². The van der Waals surface area contributed by atoms with Crippen LogP contribution in [-0.4, -0.2) is 60.3 Å². The molecule has 1 fully saturated rings. The number of rotatable bonds is 8. The van der Waals surface area contributed by atoms with Crippen molar-refractivity contribution in [3.05, 3.63) is 65.6 Å². The van der Waals surface area contributed by atoms with E-state index in [4.69, 9.17) is 9.47 Å². The Balaban J connectivity index is 1.49. The minimum Gasteiger partial charge on any atom is -0.384 e. The maximum absolute atomic E-state index is 12.5. The van der Waals surface area contributed by atoms with E-state index in [1.807, 2.05) is 18.2 Å². The Morgan fingerprint density at radius 1 is 1.32 bits per heavy atom. The van der Waals surface area contributed by atoms with Gasteiger partial charge in [0.15, 0.2) is 0 Å². The molecule has 164 valence electrons. The van der Waals surface area contributed by atoms with Crippen molar-refractivity contribution in [2.75, 3.05) is 33.4 Å². The number of hydrogen-bond acceptors (Lipinski definition) is 5. The second-order valence-corrected chi connectivity index (χ2v) is 7.96. The lowest BCUT2D eigenvalue weighted by Gasteiger charge is -2.37. The van der Waals surface area contributed by atoms with Gasteiger partial charge in [0.2, 0.25) is 5.91 Å². The number of fused-ring (bicyclic) bond motifs is 1. The van der Waals surface area contributed by atoms with Gasteiger partial charge in [-0.15, -0.1) is 0 Å². The molecule has 2 unspecified atom stereocenters. The number of morpholine rings is 1. The Kier molecular flexibility index (Phi) is 6.96. The predicted octanol–water partition coefficient (Wildman–Crippen LogP) is 2.97. The average Bonchev–Trinajstić information content (AvgIpc) is 3.12. The summed E-state index contributed by atoms with van der Waals surface area (Å²) in [4.78, 5) is 22.9. The molecule has 7 heteroatoms. The smallest absolute Gasteiger partial charge is 0.222 e. The Bertz CT molecular complexity index is 1000. The van der Waals surface area contributed by atoms with Gasteiger partial charge in [-0.1, -0.05) is 24.3 Å². The SMILES string of the molecule is COCCC(=O)NC(c1ccccn1)C1CN(Cc2[nH]c3ccccc3c2C)CCO1. The highest BCUT2D eigenvalue weighted by Crippen LogP contribution is 2.25. The van der Waals surface area contributed by atoms with E-state index in [2.05, 4.69) is 51.4 Å². The number of nitrogens with zero attached hydrogens (tertiary/aromatic N) is 2. The van der Waals surface area contributed by atoms with Crippen molar-refractivity contribution < 1.29 is 14.3 Å². The molecule has 0 bridgehead atoms. The van der Waals surface area contributed by atoms with Gasteiger partial charge >= 0.3 is 0 Å². The van der Waals surface area contributed by atoms with Crippen LogP contribution in [0.5, 0.6) is 0 Å². The molecule has 2 atom stereocenters. The lowest BCUT2D eigenvalue weighted by molar-refractivity contribution is -0.125. The van der Waals surface area contributed by atoms with Crippen LogP contribution in [0.1, 0.15) is 29.4 Å². The van der Waals surface area contributed by atoms with E-state index >= 15 is 0 Å². The molecule has 1 amide bonds. The zero-order chi connectivity index (χ0) is 21.6. The Labute approximate surface area is 182 Å². The molecule has 7 nitrogen and oxygen atoms in total. The molecule has 4 rings (SSSR count). The van der Waals surface area contributed by atoms with Crippen LogP contribution in [-0.2, 0) is 20.8 Å². The van der Waals surface area contributed by atoms with Crippen molar-refractivity contribution in [2.45, 2.75) is 32.0 Å². The number of amides is 1. The third-order valence-corrected chi connectivity index (χ3v) is 5.86. The maximum atomic E-state index is 12.5. The number of carbonyl (C=O) groups excluding carboxylic acids is 1. The van der Waals surface area contributed by atoms with E-state index < -0.39 is 0 Å². The number of ether oxygens (including phenoxy) is 2. The van der Waals surface area contributed by atoms with Crippen LogP contribution in [0.15, 0.2) is 48.7 Å². The van der Waals surface area contributed by atoms with Gasteiger partial charge in [-0.25, -0.2) is 0 Å². The number of aromatic nitrogens is 2. The second kappa shape index (κ2) is 10.0. The van der Waals surface area contributed by atoms with Crippen LogP contribution in [0.3, 0.4) is 0 Å². The van der Waals surface area contributed by atoms with Crippen LogP contribution < -0.4 is 5.32 Å². The molecule has 31 heavy (non-hydrogen) atoms. The zero-order valence-corrected chi connectivity index (χ0v) is 18.1. The van der Waals surface area contributed by atoms with Crippen LogP contribution in [0.4, 0.5) is 0 Å². The van der Waals surface area contributed by atoms with E-state index in [1.54, 1.807) is 13.3 Å². The standard InChI is InChI=1S/C24H30N4O3/c1-17-18-7-3-4-8-19(18)26-21(17)15-28-12-14-31-22(16-28)24(20-9-5-6-11-25-20)27-23(29)10-13-30-2/h3-9,11,22,24,26H,10,12-16H2,1-2H3,(H,27,29). The molecule has 1 aromatic carbocycles. The molecule has 2 N–H and O–H groups in total. The fraction of sp³-hybridized carbons (Fsp3) is 0.417. The number of hydrogen-bond donors (Lipinski definition) is 2. The van der Waals surface area contributed by atoms with Crippen molar-refractivity contribution in [2.24, 2.45) is 0 Å². The minimum atomic E-state index is -0.308. The highest BCUT2D eigenvalue weighted by Gasteiger charge is 2.31. The van der Waals surface area contributed by atoms with Crippen molar-refractivity contribution in [1.29, 1.82) is 0 Å². The Morgan fingerprint density at radius 2 is 2.16 bits per heavy atom. The normalized spacial score (nSPS) is 18.2. The number of para-hydroxylation sites is 1. The topological polar surface area (TPSA) is 79.5 Å². The average molecular weight is 423 g/mol. The maximum Gasteiger partial charge on any atom is 0.222 e. The van der Waals surface area contributed by atoms with Crippen LogP contribution in [0.25, 0.3) is 10.9 Å². The summed E-state index contributed by atoms with van der Waals surface area (Å²) >= 11 is 0. The summed E-state index contributed by atoms with van der Waals surface area (Å²) in [6, 6.07) is 13.8. The molecule has 3 heterocycles. The van der Waals surface area contributed by atoms with Gasteiger partial charge in [-0.05, 0) is 30.7 Å². The number of methoxy groups -OCH3 is 1. The summed E-state index contributed by atoms with van der Waals surface area (Å²) < 4.78 is 11.2. The van der Waals surface area contributed by atoms with Crippen molar-refractivity contribution >= 4 is 16.8 Å². The summed E-state index contributed by atoms with van der Waals surface area (Å²) in [5, 5.41) is 4.38. The zero-order valence-electron chi connectivity index (χ0n) is 18.1. The molecule has 1 aliphatic rings. The Hall–Kier alpha value is -2.74. The molecule has 0 spiro atoms. The predicted molar refractivity (Wildman–Crippen MR) is 120 cm³/mol. The number of carbonyl (C=O) groups is 1. The fourth-order valence-corrected chi connectivity index (χ4v) is 4.15. The molecule has 1 aliphatic heterocycles. The molecule has 2 aromatic heterocycles. The van der Waals surface area contributed by atoms with E-state index in [0.717, 1.165) is 24.3 Å². The highest BCUT2D eigenvalue weighted by molar-refractivity contribution is 5.84. The van der Waals surface area contributed by atoms with Gasteiger partial charge in [-0.2, -0.15) is 0 Å². The van der Waals surface area contributed by atoms with Crippen molar-refractivity contribution in [3.8, 4) is 0 Å². The largest absolute Gasteiger partial charge is 0.384 e. The molecular formula is C24H30N4O3. The lowest BCUT2D eigenvalue weighted by atomic mass is 10.0.